The summed E-state index contributed by atoms with van der Waals surface area (Å²) in [4.78, 5) is 0. The van der Waals surface area contributed by atoms with Crippen molar-refractivity contribution in [3.05, 3.63) is 42.2 Å². The van der Waals surface area contributed by atoms with Crippen molar-refractivity contribution >= 4 is 0 Å². The summed E-state index contributed by atoms with van der Waals surface area (Å²) < 4.78 is 7.65. The maximum Gasteiger partial charge on any atom is 0.165 e. The van der Waals surface area contributed by atoms with E-state index in [0.29, 0.717) is 0 Å². The van der Waals surface area contributed by atoms with Crippen LogP contribution in [-0.4, -0.2) is 9.78 Å². The third kappa shape index (κ3) is 2.87. The van der Waals surface area contributed by atoms with Crippen molar-refractivity contribution in [2.75, 3.05) is 0 Å². The highest BCUT2D eigenvalue weighted by atomic mass is 16.5. The van der Waals surface area contributed by atoms with Gasteiger partial charge in [-0.1, -0.05) is 12.1 Å². The quantitative estimate of drug-likeness (QED) is 0.785. The number of rotatable bonds is 2. The van der Waals surface area contributed by atoms with Gasteiger partial charge in [-0.05, 0) is 45.4 Å². The minimum absolute atomic E-state index is 0.0196. The molecule has 1 heterocycles. The molecule has 0 bridgehead atoms. The fourth-order valence-corrected chi connectivity index (χ4v) is 1.54. The Labute approximate surface area is 102 Å². The predicted molar refractivity (Wildman–Crippen MR) is 68.5 cm³/mol. The normalized spacial score (nSPS) is 11.5. The number of aromatic nitrogens is 2. The molecule has 17 heavy (non-hydrogen) atoms. The van der Waals surface area contributed by atoms with Gasteiger partial charge in [0.15, 0.2) is 5.75 Å². The first-order valence-electron chi connectivity index (χ1n) is 5.75. The molecule has 0 aliphatic rings. The van der Waals surface area contributed by atoms with Crippen LogP contribution in [0.4, 0.5) is 0 Å². The van der Waals surface area contributed by atoms with Crippen LogP contribution in [-0.2, 0) is 5.54 Å². The summed E-state index contributed by atoms with van der Waals surface area (Å²) in [7, 11) is 0. The van der Waals surface area contributed by atoms with Gasteiger partial charge in [0.2, 0.25) is 0 Å². The van der Waals surface area contributed by atoms with Crippen LogP contribution >= 0.6 is 0 Å². The zero-order valence-electron chi connectivity index (χ0n) is 10.8. The standard InChI is InChI=1S/C14H18N2O/c1-11-6-5-7-12(8-11)17-13-9-15-16(10-13)14(2,3)4/h5-10H,1-4H3. The van der Waals surface area contributed by atoms with Gasteiger partial charge in [-0.25, -0.2) is 0 Å². The summed E-state index contributed by atoms with van der Waals surface area (Å²) in [5.41, 5.74) is 1.17. The van der Waals surface area contributed by atoms with E-state index >= 15 is 0 Å². The summed E-state index contributed by atoms with van der Waals surface area (Å²) in [6.45, 7) is 8.37. The van der Waals surface area contributed by atoms with Crippen LogP contribution in [0.15, 0.2) is 36.7 Å². The number of benzene rings is 1. The van der Waals surface area contributed by atoms with Crippen LogP contribution in [0, 0.1) is 6.92 Å². The second kappa shape index (κ2) is 4.24. The molecule has 0 spiro atoms. The highest BCUT2D eigenvalue weighted by Crippen LogP contribution is 2.23. The number of hydrogen-bond acceptors (Lipinski definition) is 2. The molecule has 0 aliphatic carbocycles. The van der Waals surface area contributed by atoms with Crippen molar-refractivity contribution in [1.29, 1.82) is 0 Å². The van der Waals surface area contributed by atoms with Crippen molar-refractivity contribution in [2.24, 2.45) is 0 Å². The maximum absolute atomic E-state index is 5.75. The summed E-state index contributed by atoms with van der Waals surface area (Å²) in [6, 6.07) is 7.99. The first-order valence-corrected chi connectivity index (χ1v) is 5.75. The molecule has 90 valence electrons. The van der Waals surface area contributed by atoms with Gasteiger partial charge in [-0.3, -0.25) is 4.68 Å². The third-order valence-electron chi connectivity index (χ3n) is 2.47. The van der Waals surface area contributed by atoms with Crippen LogP contribution in [0.1, 0.15) is 26.3 Å². The van der Waals surface area contributed by atoms with Gasteiger partial charge in [0, 0.05) is 0 Å². The third-order valence-corrected chi connectivity index (χ3v) is 2.47. The molecule has 1 aromatic heterocycles. The summed E-state index contributed by atoms with van der Waals surface area (Å²) in [5, 5.41) is 4.30. The molecule has 0 unspecified atom stereocenters. The SMILES string of the molecule is Cc1cccc(Oc2cnn(C(C)(C)C)c2)c1. The molecule has 0 amide bonds. The molecule has 0 atom stereocenters. The summed E-state index contributed by atoms with van der Waals surface area (Å²) in [6.07, 6.45) is 3.66. The number of nitrogens with zero attached hydrogens (tertiary/aromatic N) is 2. The Kier molecular flexibility index (Phi) is 2.92. The van der Waals surface area contributed by atoms with Crippen LogP contribution < -0.4 is 4.74 Å². The monoisotopic (exact) mass is 230 g/mol. The minimum Gasteiger partial charge on any atom is -0.454 e. The number of aryl methyl sites for hydroxylation is 1. The van der Waals surface area contributed by atoms with Crippen molar-refractivity contribution in [3.8, 4) is 11.5 Å². The molecule has 2 rings (SSSR count). The van der Waals surface area contributed by atoms with Crippen molar-refractivity contribution in [2.45, 2.75) is 33.2 Å². The van der Waals surface area contributed by atoms with E-state index in [4.69, 9.17) is 4.74 Å². The first-order chi connectivity index (χ1) is 7.95. The van der Waals surface area contributed by atoms with E-state index in [1.165, 1.54) is 5.56 Å². The predicted octanol–water partition coefficient (Wildman–Crippen LogP) is 3.74. The highest BCUT2D eigenvalue weighted by Gasteiger charge is 2.14. The smallest absolute Gasteiger partial charge is 0.165 e. The van der Waals surface area contributed by atoms with Crippen molar-refractivity contribution < 1.29 is 4.74 Å². The topological polar surface area (TPSA) is 27.1 Å². The molecular weight excluding hydrogens is 212 g/mol. The molecule has 0 fully saturated rings. The summed E-state index contributed by atoms with van der Waals surface area (Å²) in [5.74, 6) is 1.61. The Balaban J connectivity index is 2.17. The minimum atomic E-state index is -0.0196. The average Bonchev–Trinajstić information content (AvgIpc) is 2.65. The second-order valence-corrected chi connectivity index (χ2v) is 5.21. The van der Waals surface area contributed by atoms with E-state index < -0.39 is 0 Å². The van der Waals surface area contributed by atoms with Gasteiger partial charge in [-0.2, -0.15) is 5.10 Å². The van der Waals surface area contributed by atoms with E-state index in [1.54, 1.807) is 6.20 Å². The fraction of sp³-hybridized carbons (Fsp3) is 0.357. The Morgan fingerprint density at radius 2 is 1.94 bits per heavy atom. The lowest BCUT2D eigenvalue weighted by atomic mass is 10.1. The zero-order chi connectivity index (χ0) is 12.5. The van der Waals surface area contributed by atoms with Gasteiger partial charge in [-0.15, -0.1) is 0 Å². The zero-order valence-corrected chi connectivity index (χ0v) is 10.8. The Bertz CT molecular complexity index is 509. The van der Waals surface area contributed by atoms with E-state index in [9.17, 15) is 0 Å². The fourth-order valence-electron chi connectivity index (χ4n) is 1.54. The molecule has 0 saturated heterocycles. The van der Waals surface area contributed by atoms with Gasteiger partial charge in [0.25, 0.3) is 0 Å². The van der Waals surface area contributed by atoms with E-state index in [0.717, 1.165) is 11.5 Å². The van der Waals surface area contributed by atoms with Crippen molar-refractivity contribution in [3.63, 3.8) is 0 Å². The molecule has 0 saturated carbocycles. The van der Waals surface area contributed by atoms with E-state index in [-0.39, 0.29) is 5.54 Å². The van der Waals surface area contributed by atoms with Gasteiger partial charge >= 0.3 is 0 Å². The second-order valence-electron chi connectivity index (χ2n) is 5.21. The average molecular weight is 230 g/mol. The molecule has 0 radical (unpaired) electrons. The highest BCUT2D eigenvalue weighted by molar-refractivity contribution is 5.31. The molecule has 1 aromatic carbocycles. The molecular formula is C14H18N2O. The Morgan fingerprint density at radius 1 is 1.18 bits per heavy atom. The van der Waals surface area contributed by atoms with Crippen LogP contribution in [0.5, 0.6) is 11.5 Å². The molecule has 3 nitrogen and oxygen atoms in total. The van der Waals surface area contributed by atoms with Gasteiger partial charge in [0.05, 0.1) is 17.9 Å². The van der Waals surface area contributed by atoms with Crippen LogP contribution in [0.3, 0.4) is 0 Å². The van der Waals surface area contributed by atoms with E-state index in [1.807, 2.05) is 42.1 Å². The van der Waals surface area contributed by atoms with Crippen LogP contribution in [0.25, 0.3) is 0 Å². The first kappa shape index (κ1) is 11.7. The molecule has 0 N–H and O–H groups in total. The maximum atomic E-state index is 5.75. The van der Waals surface area contributed by atoms with Crippen LogP contribution in [0.2, 0.25) is 0 Å². The lowest BCUT2D eigenvalue weighted by Gasteiger charge is -2.18. The van der Waals surface area contributed by atoms with Crippen molar-refractivity contribution in [1.82, 2.24) is 9.78 Å². The lowest BCUT2D eigenvalue weighted by molar-refractivity contribution is 0.353. The molecule has 0 aliphatic heterocycles. The molecule has 3 heteroatoms. The number of hydrogen-bond donors (Lipinski definition) is 0. The largest absolute Gasteiger partial charge is 0.454 e. The number of ether oxygens (including phenoxy) is 1. The van der Waals surface area contributed by atoms with Gasteiger partial charge < -0.3 is 4.74 Å². The lowest BCUT2D eigenvalue weighted by Crippen LogP contribution is -2.21. The van der Waals surface area contributed by atoms with Gasteiger partial charge in [0.1, 0.15) is 5.75 Å². The summed E-state index contributed by atoms with van der Waals surface area (Å²) >= 11 is 0. The Hall–Kier alpha value is -1.77. The molecule has 2 aromatic rings. The van der Waals surface area contributed by atoms with E-state index in [2.05, 4.69) is 25.9 Å². The Morgan fingerprint density at radius 3 is 2.53 bits per heavy atom.